The van der Waals surface area contributed by atoms with E-state index in [9.17, 15) is 13.2 Å². The Morgan fingerprint density at radius 3 is 2.45 bits per heavy atom. The molecule has 6 heteroatoms. The first-order valence-corrected chi connectivity index (χ1v) is 7.69. The Hall–Kier alpha value is -1.30. The second kappa shape index (κ2) is 5.11. The van der Waals surface area contributed by atoms with Gasteiger partial charge in [-0.1, -0.05) is 18.9 Å². The molecule has 0 atom stereocenters. The van der Waals surface area contributed by atoms with Crippen LogP contribution in [0.15, 0.2) is 18.2 Å². The number of ether oxygens (including phenoxy) is 1. The molecule has 0 unspecified atom stereocenters. The lowest BCUT2D eigenvalue weighted by atomic mass is 9.94. The van der Waals surface area contributed by atoms with E-state index in [0.29, 0.717) is 18.9 Å². The van der Waals surface area contributed by atoms with Crippen molar-refractivity contribution in [3.05, 3.63) is 23.9 Å². The van der Waals surface area contributed by atoms with Gasteiger partial charge >= 0.3 is 6.18 Å². The normalized spacial score (nSPS) is 24.0. The fourth-order valence-corrected chi connectivity index (χ4v) is 3.71. The molecule has 1 aliphatic heterocycles. The first-order chi connectivity index (χ1) is 10.2. The number of aromatic nitrogens is 1. The Morgan fingerprint density at radius 2 is 1.82 bits per heavy atom. The fourth-order valence-electron chi connectivity index (χ4n) is 3.71. The van der Waals surface area contributed by atoms with Gasteiger partial charge in [-0.15, -0.1) is 0 Å². The van der Waals surface area contributed by atoms with Crippen molar-refractivity contribution in [2.75, 3.05) is 18.0 Å². The SMILES string of the molecule is CC1(C)CN(c2cccc(C(F)(F)F)n2)CC2(CCCC2)O1. The summed E-state index contributed by atoms with van der Waals surface area (Å²) in [6.45, 7) is 5.15. The third-order valence-corrected chi connectivity index (χ3v) is 4.41. The predicted octanol–water partition coefficient (Wildman–Crippen LogP) is 4.03. The van der Waals surface area contributed by atoms with Crippen LogP contribution in [-0.2, 0) is 10.9 Å². The second-order valence-electron chi connectivity index (χ2n) is 6.99. The number of morpholine rings is 1. The fraction of sp³-hybridized carbons (Fsp3) is 0.688. The number of alkyl halides is 3. The highest BCUT2D eigenvalue weighted by molar-refractivity contribution is 5.42. The molecule has 3 rings (SSSR count). The minimum atomic E-state index is -4.41. The molecular weight excluding hydrogens is 293 g/mol. The third kappa shape index (κ3) is 3.07. The van der Waals surface area contributed by atoms with Crippen molar-refractivity contribution >= 4 is 5.82 Å². The van der Waals surface area contributed by atoms with Crippen molar-refractivity contribution in [1.29, 1.82) is 0 Å². The smallest absolute Gasteiger partial charge is 0.365 e. The van der Waals surface area contributed by atoms with E-state index in [-0.39, 0.29) is 5.60 Å². The summed E-state index contributed by atoms with van der Waals surface area (Å²) < 4.78 is 44.9. The Bertz CT molecular complexity index is 551. The molecule has 0 bridgehead atoms. The molecule has 0 aromatic carbocycles. The number of nitrogens with zero attached hydrogens (tertiary/aromatic N) is 2. The van der Waals surface area contributed by atoms with Crippen LogP contribution in [0.3, 0.4) is 0 Å². The van der Waals surface area contributed by atoms with Gasteiger partial charge in [0.15, 0.2) is 0 Å². The van der Waals surface area contributed by atoms with Crippen LogP contribution in [0.4, 0.5) is 19.0 Å². The van der Waals surface area contributed by atoms with Gasteiger partial charge in [0, 0.05) is 13.1 Å². The molecule has 0 radical (unpaired) electrons. The van der Waals surface area contributed by atoms with E-state index >= 15 is 0 Å². The Morgan fingerprint density at radius 1 is 1.14 bits per heavy atom. The average molecular weight is 314 g/mol. The summed E-state index contributed by atoms with van der Waals surface area (Å²) in [5.41, 5.74) is -1.47. The van der Waals surface area contributed by atoms with Gasteiger partial charge in [0.05, 0.1) is 11.2 Å². The number of hydrogen-bond donors (Lipinski definition) is 0. The van der Waals surface area contributed by atoms with Crippen LogP contribution in [0.25, 0.3) is 0 Å². The van der Waals surface area contributed by atoms with E-state index in [1.54, 1.807) is 6.07 Å². The lowest BCUT2D eigenvalue weighted by Crippen LogP contribution is -2.59. The molecule has 1 aliphatic carbocycles. The summed E-state index contributed by atoms with van der Waals surface area (Å²) in [6.07, 6.45) is -0.263. The predicted molar refractivity (Wildman–Crippen MR) is 77.8 cm³/mol. The van der Waals surface area contributed by atoms with Gasteiger partial charge in [0.1, 0.15) is 11.5 Å². The molecule has 22 heavy (non-hydrogen) atoms. The van der Waals surface area contributed by atoms with Crippen molar-refractivity contribution in [3.63, 3.8) is 0 Å². The number of pyridine rings is 1. The topological polar surface area (TPSA) is 25.4 Å². The largest absolute Gasteiger partial charge is 0.433 e. The first kappa shape index (κ1) is 15.6. The van der Waals surface area contributed by atoms with E-state index in [1.165, 1.54) is 6.07 Å². The molecule has 122 valence electrons. The summed E-state index contributed by atoms with van der Waals surface area (Å²) in [5.74, 6) is 0.387. The van der Waals surface area contributed by atoms with Gasteiger partial charge in [-0.3, -0.25) is 0 Å². The molecule has 1 saturated carbocycles. The van der Waals surface area contributed by atoms with Gasteiger partial charge < -0.3 is 9.64 Å². The molecule has 3 nitrogen and oxygen atoms in total. The van der Waals surface area contributed by atoms with Gasteiger partial charge in [0.2, 0.25) is 0 Å². The first-order valence-electron chi connectivity index (χ1n) is 7.69. The van der Waals surface area contributed by atoms with Crippen molar-refractivity contribution in [3.8, 4) is 0 Å². The highest BCUT2D eigenvalue weighted by Gasteiger charge is 2.46. The summed E-state index contributed by atoms with van der Waals surface area (Å²) in [5, 5.41) is 0. The Labute approximate surface area is 128 Å². The quantitative estimate of drug-likeness (QED) is 0.782. The lowest BCUT2D eigenvalue weighted by molar-refractivity contribution is -0.148. The standard InChI is InChI=1S/C16H21F3N2O/c1-14(2)10-21(11-15(22-14)8-3-4-9-15)13-7-5-6-12(20-13)16(17,18)19/h5-7H,3-4,8-11H2,1-2H3. The summed E-state index contributed by atoms with van der Waals surface area (Å²) >= 11 is 0. The number of rotatable bonds is 1. The van der Waals surface area contributed by atoms with Crippen molar-refractivity contribution in [2.24, 2.45) is 0 Å². The zero-order chi connectivity index (χ0) is 16.0. The van der Waals surface area contributed by atoms with E-state index < -0.39 is 17.5 Å². The highest BCUT2D eigenvalue weighted by atomic mass is 19.4. The van der Waals surface area contributed by atoms with Gasteiger partial charge in [-0.05, 0) is 38.8 Å². The molecule has 1 aromatic rings. The molecule has 2 fully saturated rings. The van der Waals surface area contributed by atoms with Gasteiger partial charge in [0.25, 0.3) is 0 Å². The maximum absolute atomic E-state index is 12.9. The molecule has 0 amide bonds. The van der Waals surface area contributed by atoms with Crippen LogP contribution in [0, 0.1) is 0 Å². The maximum Gasteiger partial charge on any atom is 0.433 e. The number of halogens is 3. The van der Waals surface area contributed by atoms with Crippen molar-refractivity contribution < 1.29 is 17.9 Å². The molecule has 1 spiro atoms. The van der Waals surface area contributed by atoms with Gasteiger partial charge in [-0.2, -0.15) is 13.2 Å². The van der Waals surface area contributed by atoms with Crippen LogP contribution >= 0.6 is 0 Å². The van der Waals surface area contributed by atoms with Crippen LogP contribution < -0.4 is 4.90 Å². The molecular formula is C16H21F3N2O. The third-order valence-electron chi connectivity index (χ3n) is 4.41. The maximum atomic E-state index is 12.9. The van der Waals surface area contributed by atoms with Crippen LogP contribution in [-0.4, -0.2) is 29.3 Å². The van der Waals surface area contributed by atoms with Crippen molar-refractivity contribution in [1.82, 2.24) is 4.98 Å². The summed E-state index contributed by atoms with van der Waals surface area (Å²) in [6, 6.07) is 4.09. The second-order valence-corrected chi connectivity index (χ2v) is 6.99. The minimum Gasteiger partial charge on any atom is -0.365 e. The van der Waals surface area contributed by atoms with E-state index in [1.807, 2.05) is 18.7 Å². The molecule has 1 saturated heterocycles. The van der Waals surface area contributed by atoms with Crippen LogP contribution in [0.5, 0.6) is 0 Å². The molecule has 2 heterocycles. The number of hydrogen-bond acceptors (Lipinski definition) is 3. The zero-order valence-electron chi connectivity index (χ0n) is 12.9. The van der Waals surface area contributed by atoms with E-state index in [0.717, 1.165) is 31.7 Å². The summed E-state index contributed by atoms with van der Waals surface area (Å²) in [4.78, 5) is 5.78. The Balaban J connectivity index is 1.90. The zero-order valence-corrected chi connectivity index (χ0v) is 12.9. The van der Waals surface area contributed by atoms with Crippen molar-refractivity contribution in [2.45, 2.75) is 56.9 Å². The lowest BCUT2D eigenvalue weighted by Gasteiger charge is -2.49. The van der Waals surface area contributed by atoms with Crippen LogP contribution in [0.1, 0.15) is 45.2 Å². The minimum absolute atomic E-state index is 0.238. The molecule has 0 N–H and O–H groups in total. The Kier molecular flexibility index (Phi) is 3.62. The highest BCUT2D eigenvalue weighted by Crippen LogP contribution is 2.41. The van der Waals surface area contributed by atoms with Gasteiger partial charge in [-0.25, -0.2) is 4.98 Å². The number of anilines is 1. The molecule has 1 aromatic heterocycles. The monoisotopic (exact) mass is 314 g/mol. The summed E-state index contributed by atoms with van der Waals surface area (Å²) in [7, 11) is 0. The molecule has 2 aliphatic rings. The van der Waals surface area contributed by atoms with E-state index in [4.69, 9.17) is 4.74 Å². The average Bonchev–Trinajstić information content (AvgIpc) is 2.83. The van der Waals surface area contributed by atoms with E-state index in [2.05, 4.69) is 4.98 Å². The van der Waals surface area contributed by atoms with Crippen LogP contribution in [0.2, 0.25) is 0 Å².